The number of nitrogens with zero attached hydrogens (tertiary/aromatic N) is 3. The first-order valence-corrected chi connectivity index (χ1v) is 13.4. The second kappa shape index (κ2) is 16.5. The van der Waals surface area contributed by atoms with Crippen molar-refractivity contribution in [2.45, 2.75) is 52.1 Å². The van der Waals surface area contributed by atoms with Crippen LogP contribution in [0, 0.1) is 27.4 Å². The summed E-state index contributed by atoms with van der Waals surface area (Å²) in [7, 11) is 5.03. The average molecular weight is 602 g/mol. The summed E-state index contributed by atoms with van der Waals surface area (Å²) in [5.74, 6) is -0.0792. The lowest BCUT2D eigenvalue weighted by atomic mass is 9.69. The van der Waals surface area contributed by atoms with Gasteiger partial charge >= 0.3 is 5.97 Å². The number of esters is 1. The third-order valence-corrected chi connectivity index (χ3v) is 7.06. The Hall–Kier alpha value is -3.94. The van der Waals surface area contributed by atoms with Crippen LogP contribution in [0.25, 0.3) is 6.08 Å². The van der Waals surface area contributed by atoms with Gasteiger partial charge in [-0.05, 0) is 75.5 Å². The molecule has 0 saturated carbocycles. The molecule has 0 aliphatic heterocycles. The fraction of sp³-hybridized carbons (Fsp3) is 0.452. The minimum Gasteiger partial charge on any atom is -0.493 e. The molecular weight excluding hydrogens is 562 g/mol. The van der Waals surface area contributed by atoms with E-state index in [4.69, 9.17) is 14.2 Å². The second-order valence-electron chi connectivity index (χ2n) is 10.4. The number of carbonyl (C=O) groups excluding carboxylic acids is 2. The van der Waals surface area contributed by atoms with Crippen molar-refractivity contribution in [1.82, 2.24) is 4.90 Å². The van der Waals surface area contributed by atoms with Gasteiger partial charge < -0.3 is 19.1 Å². The molecule has 0 N–H and O–H groups in total. The smallest absolute Gasteiger partial charge is 0.342 e. The number of ketones is 1. The van der Waals surface area contributed by atoms with E-state index in [9.17, 15) is 25.0 Å². The molecule has 2 aromatic carbocycles. The van der Waals surface area contributed by atoms with Crippen molar-refractivity contribution in [1.29, 1.82) is 5.26 Å². The van der Waals surface area contributed by atoms with Gasteiger partial charge in [0.1, 0.15) is 11.7 Å². The van der Waals surface area contributed by atoms with E-state index in [-0.39, 0.29) is 29.6 Å². The first-order chi connectivity index (χ1) is 19.4. The van der Waals surface area contributed by atoms with E-state index < -0.39 is 28.2 Å². The number of ether oxygens (including phenoxy) is 3. The second-order valence-corrected chi connectivity index (χ2v) is 10.4. The number of nitro benzene ring substituents is 1. The number of methoxy groups -OCH3 is 2. The monoisotopic (exact) mass is 601 g/mol. The molecule has 11 heteroatoms. The van der Waals surface area contributed by atoms with Crippen LogP contribution in [0.1, 0.15) is 51.7 Å². The van der Waals surface area contributed by atoms with E-state index >= 15 is 0 Å². The number of likely N-dealkylation sites (N-methyl/N-ethyl adjacent to an activating group) is 1. The fourth-order valence-corrected chi connectivity index (χ4v) is 4.77. The number of hydrogen-bond acceptors (Lipinski definition) is 9. The topological polar surface area (TPSA) is 132 Å². The van der Waals surface area contributed by atoms with Crippen molar-refractivity contribution in [2.75, 3.05) is 34.4 Å². The van der Waals surface area contributed by atoms with Crippen LogP contribution in [0.15, 0.2) is 48.0 Å². The van der Waals surface area contributed by atoms with Gasteiger partial charge in [0.2, 0.25) is 0 Å². The standard InChI is InChI=1S/C31H39N3O7.ClH/c1-21(2)31(20-32,25-12-13-28(39-6)29(18-25)40-7)14-9-15-33(5)19-22(3)41-30(36)27(23(4)35)17-24-10-8-11-26(16-24)34(37)38;/h8,10-13,16-18,21-22H,9,14-15,19H2,1-7H3;1H. The number of halogens is 1. The Bertz CT molecular complexity index is 1320. The third kappa shape index (κ3) is 9.29. The van der Waals surface area contributed by atoms with Crippen LogP contribution in [-0.2, 0) is 19.7 Å². The molecule has 0 aromatic heterocycles. The lowest BCUT2D eigenvalue weighted by molar-refractivity contribution is -0.384. The SMILES string of the molecule is COc1ccc(C(C#N)(CCCN(C)CC(C)OC(=O)C(=Cc2cccc([N+](=O)[O-])c2)C(C)=O)C(C)C)cc1OC.Cl. The van der Waals surface area contributed by atoms with Crippen molar-refractivity contribution in [3.05, 3.63) is 69.3 Å². The minimum absolute atomic E-state index is 0. The summed E-state index contributed by atoms with van der Waals surface area (Å²) in [6.45, 7) is 8.09. The Balaban J connectivity index is 0.00000882. The molecule has 2 atom stereocenters. The summed E-state index contributed by atoms with van der Waals surface area (Å²) in [5, 5.41) is 21.3. The van der Waals surface area contributed by atoms with Gasteiger partial charge in [-0.1, -0.05) is 32.0 Å². The number of benzene rings is 2. The van der Waals surface area contributed by atoms with Crippen LogP contribution in [0.2, 0.25) is 0 Å². The highest BCUT2D eigenvalue weighted by atomic mass is 35.5. The molecule has 0 spiro atoms. The molecule has 2 aromatic rings. The van der Waals surface area contributed by atoms with Gasteiger partial charge in [0.15, 0.2) is 17.3 Å². The zero-order chi connectivity index (χ0) is 30.7. The normalized spacial score (nSPS) is 13.4. The number of rotatable bonds is 15. The molecule has 0 radical (unpaired) electrons. The highest BCUT2D eigenvalue weighted by molar-refractivity contribution is 6.19. The number of Topliss-reactive ketones (excluding diaryl/α,β-unsaturated/α-hetero) is 1. The number of nitriles is 1. The van der Waals surface area contributed by atoms with Gasteiger partial charge in [0.25, 0.3) is 5.69 Å². The quantitative estimate of drug-likeness (QED) is 0.0623. The Kier molecular flexibility index (Phi) is 14.2. The van der Waals surface area contributed by atoms with E-state index in [1.165, 1.54) is 31.2 Å². The molecule has 0 bridgehead atoms. The Labute approximate surface area is 253 Å². The molecule has 2 rings (SSSR count). The van der Waals surface area contributed by atoms with E-state index in [1.54, 1.807) is 27.2 Å². The molecular formula is C31H40ClN3O7. The first-order valence-electron chi connectivity index (χ1n) is 13.4. The predicted molar refractivity (Wildman–Crippen MR) is 163 cm³/mol. The summed E-state index contributed by atoms with van der Waals surface area (Å²) in [5.41, 5.74) is 0.155. The summed E-state index contributed by atoms with van der Waals surface area (Å²) in [6.07, 6.45) is 2.09. The van der Waals surface area contributed by atoms with Crippen molar-refractivity contribution in [3.63, 3.8) is 0 Å². The molecule has 0 saturated heterocycles. The van der Waals surface area contributed by atoms with Crippen LogP contribution < -0.4 is 9.47 Å². The lowest BCUT2D eigenvalue weighted by Crippen LogP contribution is -2.35. The van der Waals surface area contributed by atoms with Crippen molar-refractivity contribution >= 4 is 35.9 Å². The van der Waals surface area contributed by atoms with Gasteiger partial charge in [0.05, 0.1) is 30.6 Å². The highest BCUT2D eigenvalue weighted by Gasteiger charge is 2.36. The van der Waals surface area contributed by atoms with Crippen LogP contribution >= 0.6 is 12.4 Å². The zero-order valence-corrected chi connectivity index (χ0v) is 26.0. The van der Waals surface area contributed by atoms with Crippen molar-refractivity contribution in [2.24, 2.45) is 5.92 Å². The Morgan fingerprint density at radius 3 is 2.33 bits per heavy atom. The summed E-state index contributed by atoms with van der Waals surface area (Å²) in [4.78, 5) is 37.5. The molecule has 0 aliphatic carbocycles. The van der Waals surface area contributed by atoms with Crippen LogP contribution in [-0.4, -0.2) is 62.0 Å². The van der Waals surface area contributed by atoms with E-state index in [0.717, 1.165) is 5.56 Å². The predicted octanol–water partition coefficient (Wildman–Crippen LogP) is 5.77. The van der Waals surface area contributed by atoms with Gasteiger partial charge in [-0.15, -0.1) is 12.4 Å². The fourth-order valence-electron chi connectivity index (χ4n) is 4.77. The van der Waals surface area contributed by atoms with E-state index in [1.807, 2.05) is 44.0 Å². The molecule has 0 aliphatic rings. The molecule has 0 fully saturated rings. The van der Waals surface area contributed by atoms with Crippen molar-refractivity contribution in [3.8, 4) is 17.6 Å². The highest BCUT2D eigenvalue weighted by Crippen LogP contribution is 2.40. The van der Waals surface area contributed by atoms with Gasteiger partial charge in [-0.3, -0.25) is 14.9 Å². The number of non-ortho nitro benzene ring substituents is 1. The summed E-state index contributed by atoms with van der Waals surface area (Å²) >= 11 is 0. The zero-order valence-electron chi connectivity index (χ0n) is 25.2. The molecule has 0 heterocycles. The molecule has 42 heavy (non-hydrogen) atoms. The van der Waals surface area contributed by atoms with Gasteiger partial charge in [-0.2, -0.15) is 5.26 Å². The molecule has 228 valence electrons. The van der Waals surface area contributed by atoms with Gasteiger partial charge in [0, 0.05) is 18.7 Å². The maximum atomic E-state index is 12.8. The molecule has 0 amide bonds. The Morgan fingerprint density at radius 1 is 1.12 bits per heavy atom. The van der Waals surface area contributed by atoms with Crippen LogP contribution in [0.3, 0.4) is 0 Å². The maximum Gasteiger partial charge on any atom is 0.342 e. The van der Waals surface area contributed by atoms with Crippen LogP contribution in [0.5, 0.6) is 11.5 Å². The maximum absolute atomic E-state index is 12.8. The van der Waals surface area contributed by atoms with Crippen LogP contribution in [0.4, 0.5) is 5.69 Å². The van der Waals surface area contributed by atoms with Gasteiger partial charge in [-0.25, -0.2) is 4.79 Å². The first kappa shape index (κ1) is 36.1. The average Bonchev–Trinajstić information content (AvgIpc) is 2.93. The largest absolute Gasteiger partial charge is 0.493 e. The number of nitro groups is 1. The van der Waals surface area contributed by atoms with E-state index in [0.29, 0.717) is 43.0 Å². The summed E-state index contributed by atoms with van der Waals surface area (Å²) < 4.78 is 16.3. The summed E-state index contributed by atoms with van der Waals surface area (Å²) in [6, 6.07) is 13.8. The number of carbonyl (C=O) groups is 2. The number of hydrogen-bond donors (Lipinski definition) is 0. The minimum atomic E-state index is -0.790. The molecule has 10 nitrogen and oxygen atoms in total. The van der Waals surface area contributed by atoms with E-state index in [2.05, 4.69) is 6.07 Å². The van der Waals surface area contributed by atoms with Crippen molar-refractivity contribution < 1.29 is 28.7 Å². The third-order valence-electron chi connectivity index (χ3n) is 7.06. The lowest BCUT2D eigenvalue weighted by Gasteiger charge is -2.32. The molecule has 2 unspecified atom stereocenters. The Morgan fingerprint density at radius 2 is 1.79 bits per heavy atom.